The van der Waals surface area contributed by atoms with Crippen LogP contribution in [-0.2, 0) is 22.0 Å². The van der Waals surface area contributed by atoms with Gasteiger partial charge in [-0.15, -0.1) is 0 Å². The van der Waals surface area contributed by atoms with E-state index in [2.05, 4.69) is 0 Å². The second-order valence-corrected chi connectivity index (χ2v) is 5.64. The van der Waals surface area contributed by atoms with E-state index in [4.69, 9.17) is 14.5 Å². The molecule has 0 radical (unpaired) electrons. The summed E-state index contributed by atoms with van der Waals surface area (Å²) in [7, 11) is -2.22. The predicted octanol–water partition coefficient (Wildman–Crippen LogP) is -0.202. The molecule has 0 aliphatic carbocycles. The molecule has 1 N–H and O–H groups in total. The van der Waals surface area contributed by atoms with Crippen LogP contribution in [0.5, 0.6) is 0 Å². The summed E-state index contributed by atoms with van der Waals surface area (Å²) in [5.41, 5.74) is 0. The minimum absolute atomic E-state index is 0.410. The van der Waals surface area contributed by atoms with Gasteiger partial charge in [-0.05, 0) is 0 Å². The Morgan fingerprint density at radius 1 is 1.48 bits per heavy atom. The molecule has 0 bridgehead atoms. The molecule has 21 heavy (non-hydrogen) atoms. The molecule has 0 spiro atoms. The largest absolute Gasteiger partial charge is 0.542 e. The molecular weight excluding hydrogens is 317 g/mol. The minimum atomic E-state index is -5.19. The van der Waals surface area contributed by atoms with E-state index >= 15 is 0 Å². The fourth-order valence-corrected chi connectivity index (χ4v) is 2.30. The quantitative estimate of drug-likeness (QED) is 0.607. The number of hydrogen-bond acceptors (Lipinski definition) is 4. The van der Waals surface area contributed by atoms with Crippen molar-refractivity contribution in [3.63, 3.8) is 0 Å². The molecule has 0 aliphatic rings. The van der Waals surface area contributed by atoms with E-state index in [0.717, 1.165) is 0 Å². The van der Waals surface area contributed by atoms with E-state index in [9.17, 15) is 21.6 Å². The van der Waals surface area contributed by atoms with E-state index in [1.165, 1.54) is 4.57 Å². The maximum atomic E-state index is 11.1. The highest BCUT2D eigenvalue weighted by Crippen LogP contribution is 2.18. The Labute approximate surface area is 119 Å². The Kier molecular flexibility index (Phi) is 6.83. The average Bonchev–Trinajstić information content (AvgIpc) is 2.70. The number of alkyl halides is 3. The first-order valence-corrected chi connectivity index (χ1v) is 7.17. The lowest BCUT2D eigenvalue weighted by molar-refractivity contribution is -0.671. The minimum Gasteiger partial charge on any atom is -0.542 e. The molecule has 1 unspecified atom stereocenters. The van der Waals surface area contributed by atoms with Gasteiger partial charge in [-0.2, -0.15) is 21.6 Å². The molecule has 122 valence electrons. The Morgan fingerprint density at radius 2 is 1.95 bits per heavy atom. The lowest BCUT2D eigenvalue weighted by Crippen LogP contribution is -2.37. The Bertz CT molecular complexity index is 567. The molecule has 0 saturated heterocycles. The van der Waals surface area contributed by atoms with Gasteiger partial charge in [0.2, 0.25) is 11.7 Å². The molecule has 1 heterocycles. The summed E-state index contributed by atoms with van der Waals surface area (Å²) in [6.07, 6.45) is 0.913. The summed E-state index contributed by atoms with van der Waals surface area (Å²) in [5, 5.41) is 7.92. The van der Waals surface area contributed by atoms with Crippen LogP contribution in [0, 0.1) is 0 Å². The van der Waals surface area contributed by atoms with Gasteiger partial charge in [-0.1, -0.05) is 13.3 Å². The van der Waals surface area contributed by atoms with Crippen LogP contribution in [0.2, 0.25) is 0 Å². The zero-order valence-corrected chi connectivity index (χ0v) is 12.1. The predicted molar refractivity (Wildman–Crippen MR) is 62.2 cm³/mol. The van der Waals surface area contributed by atoms with Crippen LogP contribution in [-0.4, -0.2) is 29.7 Å². The monoisotopic (exact) mass is 332 g/mol. The number of carboxylic acid groups (broad SMARTS) is 1. The van der Waals surface area contributed by atoms with Gasteiger partial charge in [0.25, 0.3) is 0 Å². The zero-order valence-electron chi connectivity index (χ0n) is 11.2. The number of rotatable bonds is 4. The van der Waals surface area contributed by atoms with Crippen molar-refractivity contribution in [2.24, 2.45) is 7.05 Å². The van der Waals surface area contributed by atoms with Gasteiger partial charge < -0.3 is 9.90 Å². The first-order valence-electron chi connectivity index (χ1n) is 5.66. The zero-order chi connectivity index (χ0) is 16.8. The van der Waals surface area contributed by atoms with Crippen molar-refractivity contribution in [3.8, 4) is 0 Å². The molecule has 11 heteroatoms. The van der Waals surface area contributed by atoms with Crippen molar-refractivity contribution in [1.82, 2.24) is 4.57 Å². The van der Waals surface area contributed by atoms with E-state index in [1.807, 2.05) is 6.92 Å². The fourth-order valence-electron chi connectivity index (χ4n) is 1.34. The summed E-state index contributed by atoms with van der Waals surface area (Å²) in [6, 6.07) is 0. The van der Waals surface area contributed by atoms with Gasteiger partial charge in [0.15, 0.2) is 0 Å². The Balaban J connectivity index is 0.000000486. The Hall–Kier alpha value is -1.62. The second kappa shape index (κ2) is 7.41. The van der Waals surface area contributed by atoms with Gasteiger partial charge in [-0.25, -0.2) is 9.13 Å². The van der Waals surface area contributed by atoms with Crippen molar-refractivity contribution in [1.29, 1.82) is 0 Å². The third-order valence-electron chi connectivity index (χ3n) is 2.23. The molecule has 0 aromatic carbocycles. The highest BCUT2D eigenvalue weighted by atomic mass is 32.2. The normalized spacial score (nSPS) is 13.2. The van der Waals surface area contributed by atoms with Gasteiger partial charge in [0.1, 0.15) is 18.4 Å². The number of imidazole rings is 1. The lowest BCUT2D eigenvalue weighted by atomic mass is 10.3. The highest BCUT2D eigenvalue weighted by Gasteiger charge is 2.29. The number of aryl methyl sites for hydroxylation is 1. The smallest absolute Gasteiger partial charge is 0.430 e. The maximum absolute atomic E-state index is 11.1. The molecule has 0 fully saturated rings. The number of carboxylic acids is 1. The van der Waals surface area contributed by atoms with Crippen molar-refractivity contribution < 1.29 is 40.6 Å². The second-order valence-electron chi connectivity index (χ2n) is 4.07. The summed E-state index contributed by atoms with van der Waals surface area (Å²) >= 11 is 0. The summed E-state index contributed by atoms with van der Waals surface area (Å²) in [5.74, 6) is -3.01. The first kappa shape index (κ1) is 19.4. The van der Waals surface area contributed by atoms with Gasteiger partial charge >= 0.3 is 16.3 Å². The van der Waals surface area contributed by atoms with Crippen LogP contribution in [0.3, 0.4) is 0 Å². The third-order valence-corrected chi connectivity index (χ3v) is 3.40. The van der Waals surface area contributed by atoms with E-state index < -0.39 is 27.6 Å². The van der Waals surface area contributed by atoms with Crippen LogP contribution >= 0.6 is 0 Å². The van der Waals surface area contributed by atoms with Crippen molar-refractivity contribution in [2.45, 2.75) is 31.3 Å². The Morgan fingerprint density at radius 3 is 2.19 bits per heavy atom. The van der Waals surface area contributed by atoms with Crippen molar-refractivity contribution in [2.75, 3.05) is 0 Å². The molecule has 1 aromatic rings. The fraction of sp³-hybridized carbons (Fsp3) is 0.600. The van der Waals surface area contributed by atoms with E-state index in [0.29, 0.717) is 12.8 Å². The first-order chi connectivity index (χ1) is 9.39. The number of nitrogens with zero attached hydrogens (tertiary/aromatic N) is 2. The average molecular weight is 332 g/mol. The standard InChI is InChI=1S/C8H14N2O3S.C2HF3O2/c1-3-4-8(14(11,12)13)10-6-5-9(2)7-10;3-2(4,5)1(6)7/h5-8H,3-4H2,1-2H3;(H,6,7). The van der Waals surface area contributed by atoms with E-state index in [1.54, 1.807) is 30.3 Å². The lowest BCUT2D eigenvalue weighted by Gasteiger charge is -2.08. The molecule has 1 atom stereocenters. The molecule has 1 rings (SSSR count). The summed E-state index contributed by atoms with van der Waals surface area (Å²) in [4.78, 5) is 8.78. The van der Waals surface area contributed by atoms with Crippen LogP contribution in [0.1, 0.15) is 25.1 Å². The number of carbonyl (C=O) groups excluding carboxylic acids is 1. The summed E-state index contributed by atoms with van der Waals surface area (Å²) in [6.45, 7) is 1.88. The van der Waals surface area contributed by atoms with Crippen molar-refractivity contribution >= 4 is 16.1 Å². The third kappa shape index (κ3) is 7.09. The highest BCUT2D eigenvalue weighted by molar-refractivity contribution is 7.85. The number of hydrogen-bond donors (Lipinski definition) is 1. The molecule has 0 saturated carbocycles. The topological polar surface area (TPSA) is 103 Å². The molecular formula is C10H15F3N2O5S. The van der Waals surface area contributed by atoms with Crippen LogP contribution in [0.25, 0.3) is 0 Å². The van der Waals surface area contributed by atoms with Gasteiger partial charge in [0, 0.05) is 6.42 Å². The molecule has 7 nitrogen and oxygen atoms in total. The number of aliphatic carboxylic acids is 1. The van der Waals surface area contributed by atoms with Crippen LogP contribution in [0.15, 0.2) is 18.7 Å². The van der Waals surface area contributed by atoms with Crippen LogP contribution in [0.4, 0.5) is 13.2 Å². The van der Waals surface area contributed by atoms with E-state index in [-0.39, 0.29) is 0 Å². The summed E-state index contributed by atoms with van der Waals surface area (Å²) < 4.78 is 65.9. The number of carbonyl (C=O) groups is 1. The molecule has 0 aliphatic heterocycles. The number of aromatic nitrogens is 2. The maximum Gasteiger partial charge on any atom is 0.430 e. The molecule has 1 aromatic heterocycles. The van der Waals surface area contributed by atoms with Crippen LogP contribution < -0.4 is 9.67 Å². The van der Waals surface area contributed by atoms with Gasteiger partial charge in [0.05, 0.1) is 7.05 Å². The SMILES string of the molecule is CCCC(n1cc[n+](C)c1)S(=O)(=O)O.O=C([O-])C(F)(F)F. The number of halogens is 3. The van der Waals surface area contributed by atoms with Gasteiger partial charge in [-0.3, -0.25) is 4.55 Å². The molecule has 0 amide bonds. The van der Waals surface area contributed by atoms with Crippen molar-refractivity contribution in [3.05, 3.63) is 18.7 Å².